The summed E-state index contributed by atoms with van der Waals surface area (Å²) in [6.07, 6.45) is 1.11. The number of hydrogen-bond donors (Lipinski definition) is 1. The van der Waals surface area contributed by atoms with Gasteiger partial charge in [-0.3, -0.25) is 0 Å². The Balaban J connectivity index is 0.000000704. The second-order valence-corrected chi connectivity index (χ2v) is 5.81. The van der Waals surface area contributed by atoms with E-state index < -0.39 is 0 Å². The van der Waals surface area contributed by atoms with Gasteiger partial charge in [0.05, 0.1) is 6.04 Å². The standard InChI is InChI=1S/C16H16BrN.C2H6/c1-11-2-4-12(5-3-11)16-15-7-6-14(17)10-13(15)8-9-18-16;1-2/h2-7,10,16,18H,8-9H2,1H3;1-2H3. The molecule has 0 fully saturated rings. The lowest BCUT2D eigenvalue weighted by Crippen LogP contribution is -2.30. The largest absolute Gasteiger partial charge is 0.306 e. The number of benzene rings is 2. The van der Waals surface area contributed by atoms with Gasteiger partial charge in [0.25, 0.3) is 0 Å². The number of hydrogen-bond acceptors (Lipinski definition) is 1. The molecule has 3 rings (SSSR count). The summed E-state index contributed by atoms with van der Waals surface area (Å²) in [5, 5.41) is 3.62. The van der Waals surface area contributed by atoms with Crippen LogP contribution in [0.4, 0.5) is 0 Å². The van der Waals surface area contributed by atoms with Crippen molar-refractivity contribution in [2.75, 3.05) is 6.54 Å². The van der Waals surface area contributed by atoms with Gasteiger partial charge in [-0.2, -0.15) is 0 Å². The van der Waals surface area contributed by atoms with Crippen molar-refractivity contribution in [2.45, 2.75) is 33.2 Å². The summed E-state index contributed by atoms with van der Waals surface area (Å²) >= 11 is 3.56. The number of aryl methyl sites for hydroxylation is 1. The van der Waals surface area contributed by atoms with Crippen LogP contribution in [0.1, 0.15) is 42.1 Å². The van der Waals surface area contributed by atoms with Gasteiger partial charge in [0.2, 0.25) is 0 Å². The highest BCUT2D eigenvalue weighted by Crippen LogP contribution is 2.30. The molecule has 1 N–H and O–H groups in total. The maximum atomic E-state index is 3.62. The van der Waals surface area contributed by atoms with Crippen molar-refractivity contribution in [3.63, 3.8) is 0 Å². The summed E-state index contributed by atoms with van der Waals surface area (Å²) in [6.45, 7) is 7.17. The molecule has 0 amide bonds. The highest BCUT2D eigenvalue weighted by Gasteiger charge is 2.20. The molecule has 2 heteroatoms. The molecular weight excluding hydrogens is 310 g/mol. The normalized spacial score (nSPS) is 16.9. The van der Waals surface area contributed by atoms with Crippen LogP contribution in [0.5, 0.6) is 0 Å². The summed E-state index contributed by atoms with van der Waals surface area (Å²) in [6, 6.07) is 15.8. The zero-order valence-corrected chi connectivity index (χ0v) is 14.0. The van der Waals surface area contributed by atoms with Crippen molar-refractivity contribution in [1.29, 1.82) is 0 Å². The molecule has 1 aliphatic heterocycles. The number of rotatable bonds is 1. The topological polar surface area (TPSA) is 12.0 Å². The molecule has 1 atom stereocenters. The Labute approximate surface area is 130 Å². The second-order valence-electron chi connectivity index (χ2n) is 4.89. The Morgan fingerprint density at radius 1 is 1.05 bits per heavy atom. The van der Waals surface area contributed by atoms with Crippen molar-refractivity contribution in [3.8, 4) is 0 Å². The summed E-state index contributed by atoms with van der Waals surface area (Å²) in [5.74, 6) is 0. The molecule has 0 aromatic heterocycles. The second kappa shape index (κ2) is 7.05. The van der Waals surface area contributed by atoms with Crippen LogP contribution in [-0.2, 0) is 6.42 Å². The minimum atomic E-state index is 0.336. The van der Waals surface area contributed by atoms with Crippen molar-refractivity contribution in [2.24, 2.45) is 0 Å². The Hall–Kier alpha value is -1.12. The van der Waals surface area contributed by atoms with Gasteiger partial charge in [-0.25, -0.2) is 0 Å². The fraction of sp³-hybridized carbons (Fsp3) is 0.333. The summed E-state index contributed by atoms with van der Waals surface area (Å²) in [7, 11) is 0. The summed E-state index contributed by atoms with van der Waals surface area (Å²) < 4.78 is 1.17. The predicted molar refractivity (Wildman–Crippen MR) is 90.2 cm³/mol. The van der Waals surface area contributed by atoms with Crippen molar-refractivity contribution < 1.29 is 0 Å². The lowest BCUT2D eigenvalue weighted by Gasteiger charge is -2.27. The van der Waals surface area contributed by atoms with Crippen LogP contribution in [0, 0.1) is 6.92 Å². The van der Waals surface area contributed by atoms with Gasteiger partial charge in [-0.05, 0) is 42.2 Å². The van der Waals surface area contributed by atoms with Gasteiger partial charge >= 0.3 is 0 Å². The van der Waals surface area contributed by atoms with Crippen LogP contribution in [0.15, 0.2) is 46.9 Å². The first kappa shape index (κ1) is 15.3. The molecule has 2 aromatic rings. The molecule has 2 aromatic carbocycles. The highest BCUT2D eigenvalue weighted by atomic mass is 79.9. The minimum absolute atomic E-state index is 0.336. The third-order valence-electron chi connectivity index (χ3n) is 3.57. The Morgan fingerprint density at radius 2 is 1.75 bits per heavy atom. The van der Waals surface area contributed by atoms with Crippen molar-refractivity contribution >= 4 is 15.9 Å². The van der Waals surface area contributed by atoms with E-state index >= 15 is 0 Å². The minimum Gasteiger partial charge on any atom is -0.306 e. The summed E-state index contributed by atoms with van der Waals surface area (Å²) in [4.78, 5) is 0. The van der Waals surface area contributed by atoms with Gasteiger partial charge in [-0.1, -0.05) is 65.7 Å². The van der Waals surface area contributed by atoms with Crippen LogP contribution in [-0.4, -0.2) is 6.54 Å². The molecule has 1 aliphatic rings. The Morgan fingerprint density at radius 3 is 2.45 bits per heavy atom. The molecule has 106 valence electrons. The van der Waals surface area contributed by atoms with E-state index in [1.165, 1.54) is 26.7 Å². The quantitative estimate of drug-likeness (QED) is 0.773. The number of halogens is 1. The maximum Gasteiger partial charge on any atom is 0.0579 e. The highest BCUT2D eigenvalue weighted by molar-refractivity contribution is 9.10. The van der Waals surface area contributed by atoms with Gasteiger partial charge in [0.15, 0.2) is 0 Å². The number of fused-ring (bicyclic) bond motifs is 1. The Bertz CT molecular complexity index is 560. The van der Waals surface area contributed by atoms with E-state index in [4.69, 9.17) is 0 Å². The molecule has 0 saturated carbocycles. The Kier molecular flexibility index (Phi) is 5.38. The molecule has 20 heavy (non-hydrogen) atoms. The molecule has 1 heterocycles. The first-order valence-corrected chi connectivity index (χ1v) is 8.11. The van der Waals surface area contributed by atoms with Gasteiger partial charge in [-0.15, -0.1) is 0 Å². The average Bonchev–Trinajstić information content (AvgIpc) is 2.49. The van der Waals surface area contributed by atoms with E-state index in [1.807, 2.05) is 13.8 Å². The van der Waals surface area contributed by atoms with E-state index in [9.17, 15) is 0 Å². The first-order valence-electron chi connectivity index (χ1n) is 7.32. The summed E-state index contributed by atoms with van der Waals surface area (Å²) in [5.41, 5.74) is 5.52. The third kappa shape index (κ3) is 3.31. The lowest BCUT2D eigenvalue weighted by molar-refractivity contribution is 0.567. The fourth-order valence-electron chi connectivity index (χ4n) is 2.59. The van der Waals surface area contributed by atoms with Crippen LogP contribution in [0.3, 0.4) is 0 Å². The molecule has 0 saturated heterocycles. The smallest absolute Gasteiger partial charge is 0.0579 e. The fourth-order valence-corrected chi connectivity index (χ4v) is 3.00. The molecule has 1 nitrogen and oxygen atoms in total. The third-order valence-corrected chi connectivity index (χ3v) is 4.06. The molecule has 1 unspecified atom stereocenters. The van der Waals surface area contributed by atoms with Gasteiger partial charge < -0.3 is 5.32 Å². The van der Waals surface area contributed by atoms with E-state index in [-0.39, 0.29) is 0 Å². The van der Waals surface area contributed by atoms with Gasteiger partial charge in [0.1, 0.15) is 0 Å². The monoisotopic (exact) mass is 331 g/mol. The van der Waals surface area contributed by atoms with E-state index in [2.05, 4.69) is 70.6 Å². The predicted octanol–water partition coefficient (Wildman–Crippen LogP) is 5.02. The molecule has 0 aliphatic carbocycles. The average molecular weight is 332 g/mol. The molecule has 0 spiro atoms. The zero-order valence-electron chi connectivity index (χ0n) is 12.4. The van der Waals surface area contributed by atoms with E-state index in [1.54, 1.807) is 0 Å². The number of nitrogens with one attached hydrogen (secondary N) is 1. The maximum absolute atomic E-state index is 3.62. The lowest BCUT2D eigenvalue weighted by atomic mass is 9.90. The van der Waals surface area contributed by atoms with Crippen molar-refractivity contribution in [3.05, 3.63) is 69.2 Å². The van der Waals surface area contributed by atoms with Crippen LogP contribution in [0.25, 0.3) is 0 Å². The SMILES string of the molecule is CC.Cc1ccc(C2NCCc3cc(Br)ccc32)cc1. The van der Waals surface area contributed by atoms with E-state index in [0.717, 1.165) is 13.0 Å². The molecule has 0 radical (unpaired) electrons. The van der Waals surface area contributed by atoms with Crippen LogP contribution in [0.2, 0.25) is 0 Å². The molecular formula is C18H22BrN. The molecule has 0 bridgehead atoms. The van der Waals surface area contributed by atoms with E-state index in [0.29, 0.717) is 6.04 Å². The van der Waals surface area contributed by atoms with Crippen LogP contribution < -0.4 is 5.32 Å². The van der Waals surface area contributed by atoms with Gasteiger partial charge in [0, 0.05) is 11.0 Å². The van der Waals surface area contributed by atoms with Crippen LogP contribution >= 0.6 is 15.9 Å². The zero-order chi connectivity index (χ0) is 14.5. The first-order chi connectivity index (χ1) is 9.74. The van der Waals surface area contributed by atoms with Crippen molar-refractivity contribution in [1.82, 2.24) is 5.32 Å².